The van der Waals surface area contributed by atoms with E-state index in [1.807, 2.05) is 0 Å². The van der Waals surface area contributed by atoms with Gasteiger partial charge in [-0.25, -0.2) is 9.97 Å². The van der Waals surface area contributed by atoms with Crippen molar-refractivity contribution < 1.29 is 0 Å². The number of nitrogens with zero attached hydrogens (tertiary/aromatic N) is 2. The zero-order valence-corrected chi connectivity index (χ0v) is 30.9. The minimum atomic E-state index is 0.443. The number of hydrogen-bond acceptors (Lipinski definition) is 2. The summed E-state index contributed by atoms with van der Waals surface area (Å²) in [5.41, 5.74) is 12.7. The lowest BCUT2D eigenvalue weighted by atomic mass is 9.82. The second kappa shape index (κ2) is 14.0. The van der Waals surface area contributed by atoms with E-state index in [4.69, 9.17) is 9.97 Å². The maximum Gasteiger partial charge on any atom is 0.160 e. The lowest BCUT2D eigenvalue weighted by Gasteiger charge is -2.22. The Morgan fingerprint density at radius 1 is 0.491 bits per heavy atom. The highest BCUT2D eigenvalue weighted by Gasteiger charge is 2.20. The molecule has 0 spiro atoms. The zero-order chi connectivity index (χ0) is 36.7. The summed E-state index contributed by atoms with van der Waals surface area (Å²) in [6.07, 6.45) is 14.2. The third-order valence-electron chi connectivity index (χ3n) is 11.3. The summed E-state index contributed by atoms with van der Waals surface area (Å²) >= 11 is 0. The van der Waals surface area contributed by atoms with Crippen molar-refractivity contribution in [3.8, 4) is 33.8 Å². The first kappa shape index (κ1) is 33.0. The molecule has 1 unspecified atom stereocenters. The first-order valence-electron chi connectivity index (χ1n) is 19.4. The molecule has 1 atom stereocenters. The van der Waals surface area contributed by atoms with E-state index in [9.17, 15) is 0 Å². The number of rotatable bonds is 6. The molecule has 1 aromatic heterocycles. The third-order valence-corrected chi connectivity index (χ3v) is 11.3. The maximum atomic E-state index is 5.28. The first-order chi connectivity index (χ1) is 27.2. The van der Waals surface area contributed by atoms with Gasteiger partial charge in [0.05, 0.1) is 11.4 Å². The van der Waals surface area contributed by atoms with Crippen LogP contribution in [0.2, 0.25) is 0 Å². The fourth-order valence-corrected chi connectivity index (χ4v) is 8.52. The van der Waals surface area contributed by atoms with Crippen molar-refractivity contribution >= 4 is 49.0 Å². The molecule has 2 aliphatic carbocycles. The highest BCUT2D eigenvalue weighted by atomic mass is 14.9. The summed E-state index contributed by atoms with van der Waals surface area (Å²) in [4.78, 5) is 10.5. The number of hydrogen-bond donors (Lipinski definition) is 0. The molecule has 8 aromatic rings. The van der Waals surface area contributed by atoms with E-state index in [0.717, 1.165) is 47.6 Å². The van der Waals surface area contributed by atoms with Crippen molar-refractivity contribution in [2.45, 2.75) is 26.2 Å². The van der Waals surface area contributed by atoms with Crippen LogP contribution in [-0.4, -0.2) is 9.97 Å². The average Bonchev–Trinajstić information content (AvgIpc) is 3.27. The number of aromatic nitrogens is 2. The number of fused-ring (bicyclic) bond motifs is 6. The topological polar surface area (TPSA) is 25.8 Å². The molecule has 0 N–H and O–H groups in total. The third kappa shape index (κ3) is 6.20. The molecular formula is C53H40N2. The van der Waals surface area contributed by atoms with Crippen molar-refractivity contribution in [3.63, 3.8) is 0 Å². The standard InChI is InChI=1S/C53H40N2/c1-35-26-28-43(49(30-35)40-27-29-48-46-24-9-8-22-44(46)45-23-10-11-25-47(45)50(48)33-40)39-19-13-21-42(32-39)53-54-51(37-16-6-3-7-17-37)34-52(55-53)41-20-12-18-38(31-41)36-14-4-2-5-15-36/h2-6,8-16,18-29,31-35H,7,17,30H2,1H3. The Kier molecular flexibility index (Phi) is 8.37. The fourth-order valence-electron chi connectivity index (χ4n) is 8.52. The molecule has 0 saturated heterocycles. The summed E-state index contributed by atoms with van der Waals surface area (Å²) in [5.74, 6) is 1.19. The lowest BCUT2D eigenvalue weighted by Crippen LogP contribution is -2.03. The Morgan fingerprint density at radius 2 is 1.11 bits per heavy atom. The van der Waals surface area contributed by atoms with Crippen LogP contribution < -0.4 is 0 Å². The fraction of sp³-hybridized carbons (Fsp3) is 0.0943. The van der Waals surface area contributed by atoms with Crippen LogP contribution >= 0.6 is 0 Å². The normalized spacial score (nSPS) is 15.6. The molecule has 2 heteroatoms. The molecule has 0 aliphatic heterocycles. The van der Waals surface area contributed by atoms with Gasteiger partial charge in [0.25, 0.3) is 0 Å². The molecule has 10 rings (SSSR count). The predicted octanol–water partition coefficient (Wildman–Crippen LogP) is 14.2. The molecule has 7 aromatic carbocycles. The molecule has 2 aliphatic rings. The highest BCUT2D eigenvalue weighted by Crippen LogP contribution is 2.41. The van der Waals surface area contributed by atoms with Crippen LogP contribution in [-0.2, 0) is 0 Å². The van der Waals surface area contributed by atoms with Gasteiger partial charge < -0.3 is 0 Å². The Hall–Kier alpha value is -6.64. The van der Waals surface area contributed by atoms with Crippen LogP contribution in [0, 0.1) is 5.92 Å². The SMILES string of the molecule is CC1C=CC(c2cccc(-c3nc(C4=CC=CCC4)cc(-c4cccc(-c5ccccc5)c4)n3)c2)=C(c2ccc3c4ccccc4c4ccccc4c3c2)C1. The van der Waals surface area contributed by atoms with E-state index in [0.29, 0.717) is 5.92 Å². The second-order valence-corrected chi connectivity index (χ2v) is 14.9. The highest BCUT2D eigenvalue weighted by molar-refractivity contribution is 6.25. The molecule has 0 amide bonds. The van der Waals surface area contributed by atoms with Crippen molar-refractivity contribution in [2.75, 3.05) is 0 Å². The van der Waals surface area contributed by atoms with E-state index in [1.165, 1.54) is 71.3 Å². The predicted molar refractivity (Wildman–Crippen MR) is 233 cm³/mol. The van der Waals surface area contributed by atoms with Gasteiger partial charge in [0.15, 0.2) is 5.82 Å². The monoisotopic (exact) mass is 704 g/mol. The molecule has 55 heavy (non-hydrogen) atoms. The van der Waals surface area contributed by atoms with Crippen LogP contribution in [0.15, 0.2) is 182 Å². The minimum absolute atomic E-state index is 0.443. The summed E-state index contributed by atoms with van der Waals surface area (Å²) < 4.78 is 0. The van der Waals surface area contributed by atoms with Gasteiger partial charge in [-0.2, -0.15) is 0 Å². The number of benzene rings is 7. The molecule has 0 saturated carbocycles. The van der Waals surface area contributed by atoms with Gasteiger partial charge >= 0.3 is 0 Å². The molecule has 262 valence electrons. The quantitative estimate of drug-likeness (QED) is 0.161. The first-order valence-corrected chi connectivity index (χ1v) is 19.4. The van der Waals surface area contributed by atoms with E-state index < -0.39 is 0 Å². The maximum absolute atomic E-state index is 5.28. The van der Waals surface area contributed by atoms with Crippen molar-refractivity contribution in [1.82, 2.24) is 9.97 Å². The van der Waals surface area contributed by atoms with Gasteiger partial charge in [-0.05, 0) is 121 Å². The molecule has 2 nitrogen and oxygen atoms in total. The van der Waals surface area contributed by atoms with E-state index in [2.05, 4.69) is 189 Å². The molecular weight excluding hydrogens is 665 g/mol. The Balaban J connectivity index is 1.11. The zero-order valence-electron chi connectivity index (χ0n) is 30.9. The van der Waals surface area contributed by atoms with Crippen molar-refractivity contribution in [3.05, 3.63) is 199 Å². The van der Waals surface area contributed by atoms with Crippen molar-refractivity contribution in [1.29, 1.82) is 0 Å². The van der Waals surface area contributed by atoms with E-state index in [1.54, 1.807) is 0 Å². The van der Waals surface area contributed by atoms with Gasteiger partial charge in [-0.3, -0.25) is 0 Å². The van der Waals surface area contributed by atoms with Crippen LogP contribution in [0.5, 0.6) is 0 Å². The van der Waals surface area contributed by atoms with Crippen LogP contribution in [0.25, 0.3) is 82.8 Å². The Morgan fingerprint density at radius 3 is 1.85 bits per heavy atom. The van der Waals surface area contributed by atoms with Crippen LogP contribution in [0.3, 0.4) is 0 Å². The number of allylic oxidation sites excluding steroid dienone is 8. The smallest absolute Gasteiger partial charge is 0.160 e. The summed E-state index contributed by atoms with van der Waals surface area (Å²) in [5, 5.41) is 7.80. The molecule has 1 heterocycles. The average molecular weight is 705 g/mol. The van der Waals surface area contributed by atoms with Gasteiger partial charge in [-0.15, -0.1) is 0 Å². The second-order valence-electron chi connectivity index (χ2n) is 14.9. The van der Waals surface area contributed by atoms with Gasteiger partial charge in [0.1, 0.15) is 0 Å². The van der Waals surface area contributed by atoms with Gasteiger partial charge in [0, 0.05) is 11.1 Å². The molecule has 0 bridgehead atoms. The lowest BCUT2D eigenvalue weighted by molar-refractivity contribution is 0.751. The van der Waals surface area contributed by atoms with E-state index in [-0.39, 0.29) is 0 Å². The van der Waals surface area contributed by atoms with Gasteiger partial charge in [-0.1, -0.05) is 165 Å². The Bertz CT molecular complexity index is 2870. The van der Waals surface area contributed by atoms with E-state index >= 15 is 0 Å². The van der Waals surface area contributed by atoms with Gasteiger partial charge in [0.2, 0.25) is 0 Å². The van der Waals surface area contributed by atoms with Crippen molar-refractivity contribution in [2.24, 2.45) is 5.92 Å². The summed E-state index contributed by atoms with van der Waals surface area (Å²) in [6.45, 7) is 2.32. The molecule has 0 fully saturated rings. The Labute approximate surface area is 322 Å². The largest absolute Gasteiger partial charge is 0.228 e. The summed E-state index contributed by atoms with van der Waals surface area (Å²) in [7, 11) is 0. The van der Waals surface area contributed by atoms with Crippen LogP contribution in [0.4, 0.5) is 0 Å². The summed E-state index contributed by atoms with van der Waals surface area (Å²) in [6, 6.07) is 55.0. The molecule has 0 radical (unpaired) electrons. The minimum Gasteiger partial charge on any atom is -0.228 e. The van der Waals surface area contributed by atoms with Crippen LogP contribution in [0.1, 0.15) is 43.0 Å².